The molecule has 8 nitrogen and oxygen atoms in total. The van der Waals surface area contributed by atoms with Crippen molar-refractivity contribution in [3.05, 3.63) is 76.5 Å². The van der Waals surface area contributed by atoms with Gasteiger partial charge >= 0.3 is 5.97 Å². The third-order valence-corrected chi connectivity index (χ3v) is 7.13. The second-order valence-electron chi connectivity index (χ2n) is 8.57. The molecule has 1 aliphatic rings. The van der Waals surface area contributed by atoms with Gasteiger partial charge in [0.05, 0.1) is 37.4 Å². The molecule has 1 atom stereocenters. The summed E-state index contributed by atoms with van der Waals surface area (Å²) in [4.78, 5) is 42.9. The van der Waals surface area contributed by atoms with Crippen LogP contribution in [0.5, 0.6) is 5.75 Å². The molecule has 2 amide bonds. The van der Waals surface area contributed by atoms with Gasteiger partial charge in [-0.3, -0.25) is 14.5 Å². The quantitative estimate of drug-likeness (QED) is 0.257. The molecule has 0 radical (unpaired) electrons. The molecule has 1 aromatic heterocycles. The highest BCUT2D eigenvalue weighted by Crippen LogP contribution is 2.30. The molecule has 0 bridgehead atoms. The van der Waals surface area contributed by atoms with Crippen molar-refractivity contribution in [2.24, 2.45) is 0 Å². The fraction of sp³-hybridized carbons (Fsp3) is 0.286. The third kappa shape index (κ3) is 6.38. The fourth-order valence-corrected chi connectivity index (χ4v) is 5.11. The van der Waals surface area contributed by atoms with E-state index in [0.29, 0.717) is 35.2 Å². The van der Waals surface area contributed by atoms with E-state index in [0.717, 1.165) is 17.0 Å². The average Bonchev–Trinajstić information content (AvgIpc) is 3.51. The standard InChI is InChI=1S/C28H29N3O5S2/c1-3-15-36-22-13-9-20(10-14-22)29-25(32)17-24-26(33)31(28(37)30(24)18-23-6-5-16-38-23)21-11-7-19(8-12-21)27(34)35-4-2/h5-14,16,24H,3-4,15,17-18H2,1-2H3,(H,29,32). The number of rotatable bonds is 11. The minimum atomic E-state index is -0.776. The highest BCUT2D eigenvalue weighted by atomic mass is 32.1. The van der Waals surface area contributed by atoms with Gasteiger partial charge in [0.25, 0.3) is 5.91 Å². The van der Waals surface area contributed by atoms with Crippen LogP contribution in [0, 0.1) is 0 Å². The van der Waals surface area contributed by atoms with Gasteiger partial charge in [-0.15, -0.1) is 11.3 Å². The van der Waals surface area contributed by atoms with Gasteiger partial charge in [-0.2, -0.15) is 0 Å². The van der Waals surface area contributed by atoms with Gasteiger partial charge in [0, 0.05) is 10.6 Å². The number of hydrogen-bond donors (Lipinski definition) is 1. The van der Waals surface area contributed by atoms with Crippen molar-refractivity contribution in [3.8, 4) is 5.75 Å². The van der Waals surface area contributed by atoms with E-state index in [1.54, 1.807) is 71.7 Å². The lowest BCUT2D eigenvalue weighted by atomic mass is 10.1. The second kappa shape index (κ2) is 12.7. The van der Waals surface area contributed by atoms with E-state index in [-0.39, 0.29) is 24.8 Å². The summed E-state index contributed by atoms with van der Waals surface area (Å²) in [6, 6.07) is 16.8. The molecule has 38 heavy (non-hydrogen) atoms. The van der Waals surface area contributed by atoms with Crippen molar-refractivity contribution in [2.75, 3.05) is 23.4 Å². The number of thiophene rings is 1. The van der Waals surface area contributed by atoms with E-state index in [4.69, 9.17) is 21.7 Å². The Morgan fingerprint density at radius 2 is 1.79 bits per heavy atom. The van der Waals surface area contributed by atoms with Gasteiger partial charge in [0.2, 0.25) is 5.91 Å². The lowest BCUT2D eigenvalue weighted by molar-refractivity contribution is -0.124. The van der Waals surface area contributed by atoms with Crippen LogP contribution in [-0.4, -0.2) is 47.1 Å². The summed E-state index contributed by atoms with van der Waals surface area (Å²) in [6.45, 7) is 5.07. The van der Waals surface area contributed by atoms with Crippen LogP contribution in [0.15, 0.2) is 66.0 Å². The van der Waals surface area contributed by atoms with E-state index < -0.39 is 12.0 Å². The lowest BCUT2D eigenvalue weighted by Crippen LogP contribution is -2.37. The maximum absolute atomic E-state index is 13.6. The number of nitrogens with zero attached hydrogens (tertiary/aromatic N) is 2. The minimum Gasteiger partial charge on any atom is -0.494 e. The summed E-state index contributed by atoms with van der Waals surface area (Å²) in [5, 5.41) is 5.13. The Morgan fingerprint density at radius 3 is 2.42 bits per heavy atom. The maximum atomic E-state index is 13.6. The Balaban J connectivity index is 1.51. The molecule has 0 aliphatic carbocycles. The van der Waals surface area contributed by atoms with E-state index in [1.165, 1.54) is 4.90 Å². The smallest absolute Gasteiger partial charge is 0.338 e. The van der Waals surface area contributed by atoms with Crippen molar-refractivity contribution in [1.82, 2.24) is 4.90 Å². The predicted octanol–water partition coefficient (Wildman–Crippen LogP) is 5.24. The number of carbonyl (C=O) groups excluding carboxylic acids is 3. The molecule has 1 fully saturated rings. The van der Waals surface area contributed by atoms with Gasteiger partial charge in [-0.1, -0.05) is 13.0 Å². The number of hydrogen-bond acceptors (Lipinski definition) is 7. The van der Waals surface area contributed by atoms with Crippen molar-refractivity contribution in [1.29, 1.82) is 0 Å². The summed E-state index contributed by atoms with van der Waals surface area (Å²) in [7, 11) is 0. The zero-order chi connectivity index (χ0) is 27.1. The first kappa shape index (κ1) is 27.3. The highest BCUT2D eigenvalue weighted by molar-refractivity contribution is 7.80. The van der Waals surface area contributed by atoms with Gasteiger partial charge < -0.3 is 19.7 Å². The van der Waals surface area contributed by atoms with Crippen LogP contribution >= 0.6 is 23.6 Å². The molecule has 4 rings (SSSR count). The first-order valence-corrected chi connectivity index (χ1v) is 13.7. The number of nitrogens with one attached hydrogen (secondary N) is 1. The molecule has 1 saturated heterocycles. The molecule has 10 heteroatoms. The normalized spacial score (nSPS) is 15.1. The van der Waals surface area contributed by atoms with Crippen LogP contribution in [0.2, 0.25) is 0 Å². The number of carbonyl (C=O) groups is 3. The molecule has 2 heterocycles. The zero-order valence-electron chi connectivity index (χ0n) is 21.2. The first-order chi connectivity index (χ1) is 18.4. The molecule has 0 spiro atoms. The molecule has 1 unspecified atom stereocenters. The van der Waals surface area contributed by atoms with E-state index in [2.05, 4.69) is 5.32 Å². The summed E-state index contributed by atoms with van der Waals surface area (Å²) in [5.41, 5.74) is 1.52. The van der Waals surface area contributed by atoms with Crippen LogP contribution in [0.1, 0.15) is 41.9 Å². The van der Waals surface area contributed by atoms with E-state index >= 15 is 0 Å². The van der Waals surface area contributed by atoms with Crippen LogP contribution < -0.4 is 15.0 Å². The molecule has 1 N–H and O–H groups in total. The number of anilines is 2. The SMILES string of the molecule is CCCOc1ccc(NC(=O)CC2C(=O)N(c3ccc(C(=O)OCC)cc3)C(=S)N2Cc2cccs2)cc1. The topological polar surface area (TPSA) is 88.2 Å². The lowest BCUT2D eigenvalue weighted by Gasteiger charge is -2.23. The van der Waals surface area contributed by atoms with Gasteiger partial charge in [0.15, 0.2) is 5.11 Å². The Morgan fingerprint density at radius 1 is 1.05 bits per heavy atom. The molecule has 2 aromatic carbocycles. The number of ether oxygens (including phenoxy) is 2. The summed E-state index contributed by atoms with van der Waals surface area (Å²) >= 11 is 7.28. The summed E-state index contributed by atoms with van der Waals surface area (Å²) in [5.74, 6) is -0.306. The fourth-order valence-electron chi connectivity index (χ4n) is 4.02. The van der Waals surface area contributed by atoms with Crippen molar-refractivity contribution < 1.29 is 23.9 Å². The highest BCUT2D eigenvalue weighted by Gasteiger charge is 2.44. The van der Waals surface area contributed by atoms with Gasteiger partial charge in [-0.25, -0.2) is 4.79 Å². The number of benzene rings is 2. The molecular weight excluding hydrogens is 522 g/mol. The van der Waals surface area contributed by atoms with Crippen LogP contribution in [-0.2, 0) is 20.9 Å². The van der Waals surface area contributed by atoms with Gasteiger partial charge in [-0.05, 0) is 85.5 Å². The van der Waals surface area contributed by atoms with Crippen molar-refractivity contribution >= 4 is 57.8 Å². The number of amides is 2. The second-order valence-corrected chi connectivity index (χ2v) is 9.97. The number of thiocarbonyl (C=S) groups is 1. The van der Waals surface area contributed by atoms with Crippen LogP contribution in [0.25, 0.3) is 0 Å². The largest absolute Gasteiger partial charge is 0.494 e. The molecule has 3 aromatic rings. The van der Waals surface area contributed by atoms with Gasteiger partial charge in [0.1, 0.15) is 11.8 Å². The van der Waals surface area contributed by atoms with Crippen molar-refractivity contribution in [3.63, 3.8) is 0 Å². The zero-order valence-corrected chi connectivity index (χ0v) is 22.8. The summed E-state index contributed by atoms with van der Waals surface area (Å²) < 4.78 is 10.6. The molecular formula is C28H29N3O5S2. The third-order valence-electron chi connectivity index (χ3n) is 5.85. The summed E-state index contributed by atoms with van der Waals surface area (Å²) in [6.07, 6.45) is 0.833. The van der Waals surface area contributed by atoms with Crippen LogP contribution in [0.4, 0.5) is 11.4 Å². The molecule has 198 valence electrons. The Labute approximate surface area is 231 Å². The minimum absolute atomic E-state index is 0.0736. The number of esters is 1. The predicted molar refractivity (Wildman–Crippen MR) is 152 cm³/mol. The van der Waals surface area contributed by atoms with E-state index in [1.807, 2.05) is 24.4 Å². The first-order valence-electron chi connectivity index (χ1n) is 12.4. The Hall–Kier alpha value is -3.76. The Kier molecular flexibility index (Phi) is 9.09. The Bertz CT molecular complexity index is 1280. The molecule has 0 saturated carbocycles. The monoisotopic (exact) mass is 551 g/mol. The average molecular weight is 552 g/mol. The maximum Gasteiger partial charge on any atom is 0.338 e. The van der Waals surface area contributed by atoms with Crippen molar-refractivity contribution in [2.45, 2.75) is 39.3 Å². The van der Waals surface area contributed by atoms with E-state index in [9.17, 15) is 14.4 Å². The molecule has 1 aliphatic heterocycles. The van der Waals surface area contributed by atoms with Crippen LogP contribution in [0.3, 0.4) is 0 Å².